The van der Waals surface area contributed by atoms with E-state index in [0.29, 0.717) is 30.5 Å². The van der Waals surface area contributed by atoms with Gasteiger partial charge in [0.2, 0.25) is 11.7 Å². The van der Waals surface area contributed by atoms with Crippen molar-refractivity contribution in [1.82, 2.24) is 25.1 Å². The van der Waals surface area contributed by atoms with Crippen molar-refractivity contribution in [2.45, 2.75) is 51.4 Å². The van der Waals surface area contributed by atoms with Crippen molar-refractivity contribution in [3.63, 3.8) is 0 Å². The molecule has 1 N–H and O–H groups in total. The van der Waals surface area contributed by atoms with Gasteiger partial charge in [-0.1, -0.05) is 6.07 Å². The van der Waals surface area contributed by atoms with Gasteiger partial charge < -0.3 is 9.47 Å². The third-order valence-corrected chi connectivity index (χ3v) is 5.63. The minimum absolute atomic E-state index is 0.00621. The summed E-state index contributed by atoms with van der Waals surface area (Å²) in [5.41, 5.74) is 3.53. The minimum Gasteiger partial charge on any atom is -0.327 e. The van der Waals surface area contributed by atoms with E-state index in [9.17, 15) is 27.2 Å². The lowest BCUT2D eigenvalue weighted by Gasteiger charge is -2.37. The highest BCUT2D eigenvalue weighted by Crippen LogP contribution is 2.37. The van der Waals surface area contributed by atoms with Gasteiger partial charge in [-0.15, -0.1) is 10.2 Å². The molecular weight excluding hydrogens is 432 g/mol. The highest BCUT2D eigenvalue weighted by molar-refractivity contribution is 5.96. The Labute approximate surface area is 180 Å². The summed E-state index contributed by atoms with van der Waals surface area (Å²) in [7, 11) is 0. The van der Waals surface area contributed by atoms with Crippen LogP contribution in [0.3, 0.4) is 0 Å². The van der Waals surface area contributed by atoms with Gasteiger partial charge in [0.05, 0.1) is 17.6 Å². The summed E-state index contributed by atoms with van der Waals surface area (Å²) >= 11 is 0. The Hall–Kier alpha value is -3.31. The fourth-order valence-electron chi connectivity index (χ4n) is 4.01. The Kier molecular flexibility index (Phi) is 5.47. The number of nitrogens with zero attached hydrogens (tertiary/aromatic N) is 5. The van der Waals surface area contributed by atoms with E-state index in [1.807, 2.05) is 0 Å². The molecule has 0 bridgehead atoms. The van der Waals surface area contributed by atoms with Crippen LogP contribution >= 0.6 is 0 Å². The van der Waals surface area contributed by atoms with Crippen molar-refractivity contribution >= 4 is 17.5 Å². The Balaban J connectivity index is 1.61. The molecule has 3 heterocycles. The first-order valence-corrected chi connectivity index (χ1v) is 10.0. The van der Waals surface area contributed by atoms with E-state index < -0.39 is 35.8 Å². The quantitative estimate of drug-likeness (QED) is 0.725. The third kappa shape index (κ3) is 3.96. The van der Waals surface area contributed by atoms with Crippen molar-refractivity contribution in [3.8, 4) is 0 Å². The highest BCUT2D eigenvalue weighted by Gasteiger charge is 2.44. The van der Waals surface area contributed by atoms with Crippen LogP contribution in [0.4, 0.5) is 17.6 Å². The maximum Gasteiger partial charge on any atom is 0.451 e. The molecule has 2 atom stereocenters. The summed E-state index contributed by atoms with van der Waals surface area (Å²) in [4.78, 5) is 25.7. The van der Waals surface area contributed by atoms with Gasteiger partial charge in [-0.3, -0.25) is 9.59 Å². The van der Waals surface area contributed by atoms with Gasteiger partial charge in [-0.25, -0.2) is 9.82 Å². The standard InChI is InChI=1S/C20H20F4N6O2/c1-10-9-29(11(2)17-27-28-19(30(10)17)20(22,23)24)18(32)14-8-12(3-5-15(14)21)7-13-4-6-16(31)26-25-13/h3,5,8,10-11H,4,6-7,9H2,1-2H3,(H,26,31). The second kappa shape index (κ2) is 7.99. The molecule has 12 heteroatoms. The average Bonchev–Trinajstić information content (AvgIpc) is 3.20. The van der Waals surface area contributed by atoms with Gasteiger partial charge in [0.25, 0.3) is 5.91 Å². The normalized spacial score (nSPS) is 21.1. The molecular formula is C20H20F4N6O2. The molecule has 0 saturated heterocycles. The first-order chi connectivity index (χ1) is 15.1. The van der Waals surface area contributed by atoms with Crippen LogP contribution in [-0.2, 0) is 17.4 Å². The molecule has 0 fully saturated rings. The first-order valence-electron chi connectivity index (χ1n) is 10.0. The van der Waals surface area contributed by atoms with Crippen molar-refractivity contribution in [2.24, 2.45) is 5.10 Å². The van der Waals surface area contributed by atoms with Crippen LogP contribution in [0.2, 0.25) is 0 Å². The fraction of sp³-hybridized carbons (Fsp3) is 0.450. The summed E-state index contributed by atoms with van der Waals surface area (Å²) in [6, 6.07) is 2.53. The number of rotatable bonds is 3. The summed E-state index contributed by atoms with van der Waals surface area (Å²) in [6.07, 6.45) is -3.58. The second-order valence-electron chi connectivity index (χ2n) is 7.94. The van der Waals surface area contributed by atoms with E-state index in [1.54, 1.807) is 0 Å². The van der Waals surface area contributed by atoms with Gasteiger partial charge >= 0.3 is 6.18 Å². The molecule has 2 aliphatic rings. The van der Waals surface area contributed by atoms with Crippen molar-refractivity contribution < 1.29 is 27.2 Å². The molecule has 8 nitrogen and oxygen atoms in total. The highest BCUT2D eigenvalue weighted by atomic mass is 19.4. The van der Waals surface area contributed by atoms with E-state index in [4.69, 9.17) is 0 Å². The Morgan fingerprint density at radius 1 is 1.22 bits per heavy atom. The molecule has 2 unspecified atom stereocenters. The Morgan fingerprint density at radius 2 is 1.97 bits per heavy atom. The van der Waals surface area contributed by atoms with Crippen molar-refractivity contribution in [1.29, 1.82) is 0 Å². The van der Waals surface area contributed by atoms with Gasteiger partial charge in [0.1, 0.15) is 5.82 Å². The summed E-state index contributed by atoms with van der Waals surface area (Å²) in [5.74, 6) is -2.69. The molecule has 2 aromatic rings. The molecule has 0 saturated carbocycles. The van der Waals surface area contributed by atoms with Crippen molar-refractivity contribution in [3.05, 3.63) is 46.8 Å². The lowest BCUT2D eigenvalue weighted by Crippen LogP contribution is -2.44. The number of alkyl halides is 3. The number of hydrogen-bond acceptors (Lipinski definition) is 5. The van der Waals surface area contributed by atoms with Crippen LogP contribution < -0.4 is 5.43 Å². The monoisotopic (exact) mass is 452 g/mol. The van der Waals surface area contributed by atoms with E-state index in [0.717, 1.165) is 4.57 Å². The maximum atomic E-state index is 14.6. The second-order valence-corrected chi connectivity index (χ2v) is 7.94. The topological polar surface area (TPSA) is 92.5 Å². The van der Waals surface area contributed by atoms with E-state index in [2.05, 4.69) is 20.7 Å². The van der Waals surface area contributed by atoms with Gasteiger partial charge in [-0.05, 0) is 38.0 Å². The third-order valence-electron chi connectivity index (χ3n) is 5.63. The molecule has 0 radical (unpaired) electrons. The lowest BCUT2D eigenvalue weighted by atomic mass is 10.0. The zero-order valence-corrected chi connectivity index (χ0v) is 17.3. The fourth-order valence-corrected chi connectivity index (χ4v) is 4.01. The van der Waals surface area contributed by atoms with Crippen LogP contribution in [0.5, 0.6) is 0 Å². The maximum absolute atomic E-state index is 14.6. The Morgan fingerprint density at radius 3 is 2.62 bits per heavy atom. The number of carbonyl (C=O) groups is 2. The zero-order chi connectivity index (χ0) is 23.2. The predicted octanol–water partition coefficient (Wildman–Crippen LogP) is 3.02. The number of fused-ring (bicyclic) bond motifs is 1. The minimum atomic E-state index is -4.67. The average molecular weight is 452 g/mol. The molecule has 1 aromatic carbocycles. The summed E-state index contributed by atoms with van der Waals surface area (Å²) < 4.78 is 55.3. The molecule has 32 heavy (non-hydrogen) atoms. The van der Waals surface area contributed by atoms with E-state index in [-0.39, 0.29) is 23.8 Å². The lowest BCUT2D eigenvalue weighted by molar-refractivity contribution is -0.148. The van der Waals surface area contributed by atoms with Crippen LogP contribution in [0.25, 0.3) is 0 Å². The SMILES string of the molecule is CC1c2nnc(C(F)(F)F)n2C(C)CN1C(=O)c1cc(CC2=NNC(=O)CC2)ccc1F. The molecule has 4 rings (SSSR count). The number of aromatic nitrogens is 3. The van der Waals surface area contributed by atoms with Crippen LogP contribution in [0.1, 0.15) is 66.3 Å². The smallest absolute Gasteiger partial charge is 0.327 e. The largest absolute Gasteiger partial charge is 0.451 e. The summed E-state index contributed by atoms with van der Waals surface area (Å²) in [6.45, 7) is 3.00. The number of carbonyl (C=O) groups excluding carboxylic acids is 2. The number of hydrogen-bond donors (Lipinski definition) is 1. The van der Waals surface area contributed by atoms with Gasteiger partial charge in [0, 0.05) is 25.1 Å². The van der Waals surface area contributed by atoms with Crippen LogP contribution in [-0.4, -0.2) is 43.7 Å². The van der Waals surface area contributed by atoms with Crippen molar-refractivity contribution in [2.75, 3.05) is 6.54 Å². The Bertz CT molecular complexity index is 1110. The number of nitrogens with one attached hydrogen (secondary N) is 1. The van der Waals surface area contributed by atoms with Crippen LogP contribution in [0, 0.1) is 5.82 Å². The number of benzene rings is 1. The molecule has 1 aromatic heterocycles. The number of amides is 2. The molecule has 170 valence electrons. The van der Waals surface area contributed by atoms with Gasteiger partial charge in [0.15, 0.2) is 5.82 Å². The van der Waals surface area contributed by atoms with E-state index in [1.165, 1.54) is 36.9 Å². The summed E-state index contributed by atoms with van der Waals surface area (Å²) in [5, 5.41) is 10.9. The predicted molar refractivity (Wildman–Crippen MR) is 104 cm³/mol. The number of halogens is 4. The van der Waals surface area contributed by atoms with E-state index >= 15 is 0 Å². The van der Waals surface area contributed by atoms with Gasteiger partial charge in [-0.2, -0.15) is 18.3 Å². The van der Waals surface area contributed by atoms with Crippen LogP contribution in [0.15, 0.2) is 23.3 Å². The molecule has 2 aliphatic heterocycles. The molecule has 2 amide bonds. The zero-order valence-electron chi connectivity index (χ0n) is 17.3. The molecule has 0 spiro atoms. The number of hydrazone groups is 1. The molecule has 0 aliphatic carbocycles. The first kappa shape index (κ1) is 21.9.